The number of hydrogen-bond donors (Lipinski definition) is 0. The molecule has 0 spiro atoms. The van der Waals surface area contributed by atoms with E-state index in [1.807, 2.05) is 4.90 Å². The zero-order valence-electron chi connectivity index (χ0n) is 13.7. The van der Waals surface area contributed by atoms with Crippen molar-refractivity contribution in [1.29, 1.82) is 0 Å². The van der Waals surface area contributed by atoms with Crippen LogP contribution in [-0.2, 0) is 19.5 Å². The van der Waals surface area contributed by atoms with Crippen LogP contribution in [0.4, 0.5) is 4.79 Å². The molecular weight excluding hydrogens is 268 g/mol. The van der Waals surface area contributed by atoms with E-state index >= 15 is 0 Å². The smallest absolute Gasteiger partial charge is 0.319 e. The fourth-order valence-corrected chi connectivity index (χ4v) is 2.38. The molecule has 0 radical (unpaired) electrons. The van der Waals surface area contributed by atoms with Gasteiger partial charge in [0.05, 0.1) is 6.54 Å². The van der Waals surface area contributed by atoms with Gasteiger partial charge in [0.1, 0.15) is 11.6 Å². The number of carbonyl (C=O) groups excluding carboxylic acids is 1. The van der Waals surface area contributed by atoms with Crippen molar-refractivity contribution in [1.82, 2.24) is 29.5 Å². The molecule has 2 rings (SSSR count). The maximum Gasteiger partial charge on any atom is 0.319 e. The Kier molecular flexibility index (Phi) is 4.82. The standard InChI is InChI=1S/C14H26N6O/c1-11(2)18(5)10-13-16-15-12-6-7-19(8-9-20(12)13)14(21)17(3)4/h11H,6-10H2,1-5H3. The topological polar surface area (TPSA) is 57.5 Å². The van der Waals surface area contributed by atoms with Crippen molar-refractivity contribution in [2.45, 2.75) is 39.4 Å². The molecule has 1 aliphatic heterocycles. The van der Waals surface area contributed by atoms with Crippen LogP contribution in [0.2, 0.25) is 0 Å². The van der Waals surface area contributed by atoms with Gasteiger partial charge >= 0.3 is 6.03 Å². The molecule has 2 heterocycles. The molecule has 0 saturated heterocycles. The molecule has 7 heteroatoms. The lowest BCUT2D eigenvalue weighted by Gasteiger charge is -2.24. The number of urea groups is 1. The fraction of sp³-hybridized carbons (Fsp3) is 0.786. The molecule has 2 amide bonds. The van der Waals surface area contributed by atoms with Crippen molar-refractivity contribution in [2.75, 3.05) is 34.2 Å². The molecule has 21 heavy (non-hydrogen) atoms. The second-order valence-electron chi connectivity index (χ2n) is 6.11. The Labute approximate surface area is 126 Å². The highest BCUT2D eigenvalue weighted by atomic mass is 16.2. The van der Waals surface area contributed by atoms with E-state index in [4.69, 9.17) is 0 Å². The van der Waals surface area contributed by atoms with Gasteiger partial charge in [-0.25, -0.2) is 4.79 Å². The third-order valence-corrected chi connectivity index (χ3v) is 4.03. The summed E-state index contributed by atoms with van der Waals surface area (Å²) in [5.41, 5.74) is 0. The molecule has 0 N–H and O–H groups in total. The van der Waals surface area contributed by atoms with E-state index in [0.717, 1.165) is 31.2 Å². The third-order valence-electron chi connectivity index (χ3n) is 4.03. The highest BCUT2D eigenvalue weighted by Gasteiger charge is 2.23. The van der Waals surface area contributed by atoms with Crippen LogP contribution in [0.3, 0.4) is 0 Å². The Morgan fingerprint density at radius 2 is 1.90 bits per heavy atom. The second-order valence-corrected chi connectivity index (χ2v) is 6.11. The summed E-state index contributed by atoms with van der Waals surface area (Å²) >= 11 is 0. The van der Waals surface area contributed by atoms with Crippen molar-refractivity contribution < 1.29 is 4.79 Å². The van der Waals surface area contributed by atoms with Crippen molar-refractivity contribution in [3.8, 4) is 0 Å². The number of carbonyl (C=O) groups is 1. The number of aromatic nitrogens is 3. The van der Waals surface area contributed by atoms with E-state index in [2.05, 4.69) is 40.6 Å². The van der Waals surface area contributed by atoms with E-state index in [9.17, 15) is 4.79 Å². The van der Waals surface area contributed by atoms with Gasteiger partial charge in [-0.2, -0.15) is 0 Å². The number of amides is 2. The van der Waals surface area contributed by atoms with Crippen molar-refractivity contribution in [3.05, 3.63) is 11.6 Å². The minimum atomic E-state index is 0.0644. The van der Waals surface area contributed by atoms with Crippen LogP contribution in [0, 0.1) is 0 Å². The number of nitrogens with zero attached hydrogens (tertiary/aromatic N) is 6. The molecule has 1 aromatic rings. The van der Waals surface area contributed by atoms with E-state index in [1.54, 1.807) is 19.0 Å². The summed E-state index contributed by atoms with van der Waals surface area (Å²) in [4.78, 5) is 17.8. The van der Waals surface area contributed by atoms with Gasteiger partial charge in [-0.1, -0.05) is 0 Å². The molecule has 7 nitrogen and oxygen atoms in total. The lowest BCUT2D eigenvalue weighted by molar-refractivity contribution is 0.171. The quantitative estimate of drug-likeness (QED) is 0.822. The minimum Gasteiger partial charge on any atom is -0.331 e. The predicted molar refractivity (Wildman–Crippen MR) is 81.0 cm³/mol. The van der Waals surface area contributed by atoms with Crippen LogP contribution in [0.1, 0.15) is 25.5 Å². The zero-order chi connectivity index (χ0) is 15.6. The molecule has 0 saturated carbocycles. The summed E-state index contributed by atoms with van der Waals surface area (Å²) in [7, 11) is 5.66. The summed E-state index contributed by atoms with van der Waals surface area (Å²) in [6, 6.07) is 0.533. The van der Waals surface area contributed by atoms with Crippen LogP contribution in [-0.4, -0.2) is 75.8 Å². The number of rotatable bonds is 3. The highest BCUT2D eigenvalue weighted by molar-refractivity contribution is 5.73. The highest BCUT2D eigenvalue weighted by Crippen LogP contribution is 2.12. The molecule has 0 fully saturated rings. The average molecular weight is 294 g/mol. The summed E-state index contributed by atoms with van der Waals surface area (Å²) in [6.07, 6.45) is 0.762. The molecule has 0 bridgehead atoms. The van der Waals surface area contributed by atoms with E-state index in [0.29, 0.717) is 19.1 Å². The molecule has 0 aliphatic carbocycles. The molecular formula is C14H26N6O. The van der Waals surface area contributed by atoms with E-state index in [1.165, 1.54) is 0 Å². The van der Waals surface area contributed by atoms with Gasteiger partial charge in [-0.15, -0.1) is 10.2 Å². The molecule has 0 aromatic carbocycles. The Bertz CT molecular complexity index is 496. The van der Waals surface area contributed by atoms with Gasteiger partial charge in [-0.05, 0) is 20.9 Å². The number of hydrogen-bond acceptors (Lipinski definition) is 4. The van der Waals surface area contributed by atoms with Crippen LogP contribution in [0.15, 0.2) is 0 Å². The largest absolute Gasteiger partial charge is 0.331 e. The first-order valence-corrected chi connectivity index (χ1v) is 7.47. The van der Waals surface area contributed by atoms with Crippen molar-refractivity contribution in [2.24, 2.45) is 0 Å². The first-order chi connectivity index (χ1) is 9.90. The molecule has 1 aliphatic rings. The van der Waals surface area contributed by atoms with Gasteiger partial charge < -0.3 is 14.4 Å². The third kappa shape index (κ3) is 3.53. The molecule has 0 unspecified atom stereocenters. The Balaban J connectivity index is 2.08. The molecule has 118 valence electrons. The normalized spacial score (nSPS) is 15.3. The van der Waals surface area contributed by atoms with Crippen LogP contribution in [0.5, 0.6) is 0 Å². The lowest BCUT2D eigenvalue weighted by Crippen LogP contribution is -2.40. The first kappa shape index (κ1) is 15.8. The molecule has 1 aromatic heterocycles. The Morgan fingerprint density at radius 1 is 1.19 bits per heavy atom. The summed E-state index contributed by atoms with van der Waals surface area (Å²) in [5.74, 6) is 1.97. The maximum absolute atomic E-state index is 12.1. The monoisotopic (exact) mass is 294 g/mol. The second kappa shape index (κ2) is 6.43. The van der Waals surface area contributed by atoms with Crippen LogP contribution in [0.25, 0.3) is 0 Å². The SMILES string of the molecule is CC(C)N(C)Cc1nnc2n1CCN(C(=O)N(C)C)CC2. The minimum absolute atomic E-state index is 0.0644. The zero-order valence-corrected chi connectivity index (χ0v) is 13.7. The first-order valence-electron chi connectivity index (χ1n) is 7.47. The van der Waals surface area contributed by atoms with E-state index < -0.39 is 0 Å². The molecule has 0 atom stereocenters. The van der Waals surface area contributed by atoms with Crippen LogP contribution >= 0.6 is 0 Å². The Morgan fingerprint density at radius 3 is 2.52 bits per heavy atom. The fourth-order valence-electron chi connectivity index (χ4n) is 2.38. The summed E-state index contributed by atoms with van der Waals surface area (Å²) in [6.45, 7) is 7.29. The lowest BCUT2D eigenvalue weighted by atomic mass is 10.3. The van der Waals surface area contributed by atoms with Gasteiger partial charge in [0.15, 0.2) is 0 Å². The summed E-state index contributed by atoms with van der Waals surface area (Å²) < 4.78 is 2.17. The number of fused-ring (bicyclic) bond motifs is 1. The van der Waals surface area contributed by atoms with Gasteiger partial charge in [0, 0.05) is 46.2 Å². The summed E-state index contributed by atoms with van der Waals surface area (Å²) in [5, 5.41) is 8.63. The van der Waals surface area contributed by atoms with Crippen molar-refractivity contribution >= 4 is 6.03 Å². The van der Waals surface area contributed by atoms with E-state index in [-0.39, 0.29) is 6.03 Å². The maximum atomic E-state index is 12.1. The van der Waals surface area contributed by atoms with Gasteiger partial charge in [0.25, 0.3) is 0 Å². The van der Waals surface area contributed by atoms with Gasteiger partial charge in [0.2, 0.25) is 0 Å². The van der Waals surface area contributed by atoms with Gasteiger partial charge in [-0.3, -0.25) is 4.90 Å². The average Bonchev–Trinajstić information content (AvgIpc) is 2.68. The predicted octanol–water partition coefficient (Wildman–Crippen LogP) is 0.658. The Hall–Kier alpha value is -1.63. The van der Waals surface area contributed by atoms with Crippen molar-refractivity contribution in [3.63, 3.8) is 0 Å². The van der Waals surface area contributed by atoms with Crippen LogP contribution < -0.4 is 0 Å².